The van der Waals surface area contributed by atoms with Gasteiger partial charge in [0.25, 0.3) is 5.92 Å². The van der Waals surface area contributed by atoms with Crippen LogP contribution < -0.4 is 16.8 Å². The van der Waals surface area contributed by atoms with Crippen molar-refractivity contribution >= 4 is 17.7 Å². The second-order valence-electron chi connectivity index (χ2n) is 7.15. The first-order valence-corrected chi connectivity index (χ1v) is 9.27. The van der Waals surface area contributed by atoms with Crippen LogP contribution in [0.15, 0.2) is 24.3 Å². The molecule has 25 heavy (non-hydrogen) atoms. The maximum absolute atomic E-state index is 13.3. The van der Waals surface area contributed by atoms with Crippen LogP contribution in [0, 0.1) is 0 Å². The minimum atomic E-state index is -2.85. The van der Waals surface area contributed by atoms with Crippen molar-refractivity contribution in [1.29, 1.82) is 0 Å². The molecule has 3 unspecified atom stereocenters. The molecule has 8 heteroatoms. The molecule has 2 aliphatic rings. The van der Waals surface area contributed by atoms with Gasteiger partial charge in [-0.05, 0) is 18.9 Å². The minimum Gasteiger partial charge on any atom is -0.338 e. The Hall–Kier alpha value is -1.22. The van der Waals surface area contributed by atoms with Crippen LogP contribution in [-0.2, 0) is 10.7 Å². The molecular weight excluding hydrogens is 346 g/mol. The molecule has 0 saturated carbocycles. The van der Waals surface area contributed by atoms with Gasteiger partial charge >= 0.3 is 0 Å². The maximum atomic E-state index is 13.3. The normalized spacial score (nSPS) is 29.2. The van der Waals surface area contributed by atoms with Gasteiger partial charge in [-0.2, -0.15) is 0 Å². The van der Waals surface area contributed by atoms with E-state index in [1.54, 1.807) is 17.0 Å². The number of carbonyl (C=O) groups excluding carboxylic acids is 1. The number of rotatable bonds is 3. The Kier molecular flexibility index (Phi) is 4.83. The summed E-state index contributed by atoms with van der Waals surface area (Å²) in [5, 5.41) is 3.02. The van der Waals surface area contributed by atoms with Crippen molar-refractivity contribution in [3.05, 3.63) is 35.4 Å². The fourth-order valence-corrected chi connectivity index (χ4v) is 4.73. The number of halogens is 2. The molecule has 5 nitrogen and oxygen atoms in total. The third-order valence-electron chi connectivity index (χ3n) is 4.76. The Balaban J connectivity index is 1.68. The summed E-state index contributed by atoms with van der Waals surface area (Å²) in [4.78, 5) is 14.5. The second-order valence-corrected chi connectivity index (χ2v) is 8.40. The SMILES string of the molecule is CC1NC(c2ccc(C(C)(F)F)cc2)SC1C(=O)N1CCC(N)(N)C1. The number of nitrogens with zero attached hydrogens (tertiary/aromatic N) is 1. The molecule has 0 bridgehead atoms. The van der Waals surface area contributed by atoms with E-state index in [4.69, 9.17) is 11.5 Å². The summed E-state index contributed by atoms with van der Waals surface area (Å²) < 4.78 is 26.7. The standard InChI is InChI=1S/C17H24F2N4OS/c1-10-13(15(24)23-8-7-17(20,21)9-23)25-14(22-10)11-3-5-12(6-4-11)16(2,18)19/h3-6,10,13-14,22H,7-9,20-21H2,1-2H3. The molecule has 2 aliphatic heterocycles. The van der Waals surface area contributed by atoms with E-state index < -0.39 is 11.6 Å². The molecule has 138 valence electrons. The van der Waals surface area contributed by atoms with E-state index in [1.165, 1.54) is 23.9 Å². The van der Waals surface area contributed by atoms with Crippen LogP contribution in [0.3, 0.4) is 0 Å². The third kappa shape index (κ3) is 3.97. The van der Waals surface area contributed by atoms with Gasteiger partial charge < -0.3 is 16.4 Å². The van der Waals surface area contributed by atoms with Crippen LogP contribution in [-0.4, -0.2) is 40.9 Å². The number of benzene rings is 1. The van der Waals surface area contributed by atoms with Gasteiger partial charge in [0.2, 0.25) is 5.91 Å². The predicted octanol–water partition coefficient (Wildman–Crippen LogP) is 1.74. The highest BCUT2D eigenvalue weighted by Gasteiger charge is 2.42. The lowest BCUT2D eigenvalue weighted by molar-refractivity contribution is -0.130. The summed E-state index contributed by atoms with van der Waals surface area (Å²) >= 11 is 1.51. The Morgan fingerprint density at radius 1 is 1.36 bits per heavy atom. The Bertz CT molecular complexity index is 647. The van der Waals surface area contributed by atoms with Gasteiger partial charge in [0.1, 0.15) is 5.25 Å². The molecule has 0 spiro atoms. The first kappa shape index (κ1) is 18.6. The summed E-state index contributed by atoms with van der Waals surface area (Å²) in [6.45, 7) is 3.77. The van der Waals surface area contributed by atoms with Crippen LogP contribution in [0.25, 0.3) is 0 Å². The molecule has 0 aliphatic carbocycles. The molecule has 1 amide bonds. The highest BCUT2D eigenvalue weighted by atomic mass is 32.2. The first-order valence-electron chi connectivity index (χ1n) is 8.33. The summed E-state index contributed by atoms with van der Waals surface area (Å²) in [5.41, 5.74) is 11.9. The Morgan fingerprint density at radius 3 is 2.52 bits per heavy atom. The molecule has 2 fully saturated rings. The van der Waals surface area contributed by atoms with E-state index in [0.717, 1.165) is 12.5 Å². The van der Waals surface area contributed by atoms with Gasteiger partial charge in [0.15, 0.2) is 0 Å². The predicted molar refractivity (Wildman–Crippen MR) is 95.0 cm³/mol. The van der Waals surface area contributed by atoms with Crippen molar-refractivity contribution in [2.45, 2.75) is 48.5 Å². The van der Waals surface area contributed by atoms with Crippen molar-refractivity contribution in [3.8, 4) is 0 Å². The Labute approximate surface area is 150 Å². The lowest BCUT2D eigenvalue weighted by Crippen LogP contribution is -2.53. The maximum Gasteiger partial charge on any atom is 0.270 e. The zero-order valence-corrected chi connectivity index (χ0v) is 15.2. The lowest BCUT2D eigenvalue weighted by Gasteiger charge is -2.23. The molecule has 0 aromatic heterocycles. The summed E-state index contributed by atoms with van der Waals surface area (Å²) in [6, 6.07) is 6.24. The number of hydrogen-bond acceptors (Lipinski definition) is 5. The van der Waals surface area contributed by atoms with Crippen LogP contribution in [0.5, 0.6) is 0 Å². The number of hydrogen-bond donors (Lipinski definition) is 3. The van der Waals surface area contributed by atoms with E-state index in [1.807, 2.05) is 6.92 Å². The molecule has 5 N–H and O–H groups in total. The molecule has 1 aromatic carbocycles. The number of nitrogens with one attached hydrogen (secondary N) is 1. The van der Waals surface area contributed by atoms with Gasteiger partial charge in [0.05, 0.1) is 17.6 Å². The van der Waals surface area contributed by atoms with Crippen LogP contribution in [0.1, 0.15) is 36.8 Å². The third-order valence-corrected chi connectivity index (χ3v) is 6.34. The van der Waals surface area contributed by atoms with Crippen LogP contribution in [0.4, 0.5) is 8.78 Å². The van der Waals surface area contributed by atoms with Crippen molar-refractivity contribution in [2.75, 3.05) is 13.1 Å². The smallest absolute Gasteiger partial charge is 0.270 e. The largest absolute Gasteiger partial charge is 0.338 e. The van der Waals surface area contributed by atoms with Crippen molar-refractivity contribution in [3.63, 3.8) is 0 Å². The van der Waals surface area contributed by atoms with Crippen LogP contribution in [0.2, 0.25) is 0 Å². The lowest BCUT2D eigenvalue weighted by atomic mass is 10.1. The van der Waals surface area contributed by atoms with Gasteiger partial charge in [-0.3, -0.25) is 10.1 Å². The Morgan fingerprint density at radius 2 is 2.00 bits per heavy atom. The van der Waals surface area contributed by atoms with Gasteiger partial charge in [-0.25, -0.2) is 8.78 Å². The quantitative estimate of drug-likeness (QED) is 0.706. The molecule has 0 radical (unpaired) electrons. The van der Waals surface area contributed by atoms with Crippen molar-refractivity contribution in [1.82, 2.24) is 10.2 Å². The van der Waals surface area contributed by atoms with Crippen LogP contribution >= 0.6 is 11.8 Å². The molecule has 1 aromatic rings. The molecule has 2 saturated heterocycles. The van der Waals surface area contributed by atoms with Gasteiger partial charge in [-0.1, -0.05) is 24.3 Å². The number of likely N-dealkylation sites (tertiary alicyclic amines) is 1. The number of alkyl halides is 2. The topological polar surface area (TPSA) is 84.4 Å². The molecule has 3 atom stereocenters. The van der Waals surface area contributed by atoms with Crippen molar-refractivity contribution in [2.24, 2.45) is 11.5 Å². The number of amides is 1. The highest BCUT2D eigenvalue weighted by Crippen LogP contribution is 2.40. The summed E-state index contributed by atoms with van der Waals surface area (Å²) in [5.74, 6) is -2.82. The van der Waals surface area contributed by atoms with E-state index in [9.17, 15) is 13.6 Å². The van der Waals surface area contributed by atoms with E-state index in [0.29, 0.717) is 19.5 Å². The zero-order valence-electron chi connectivity index (χ0n) is 14.3. The molecule has 2 heterocycles. The highest BCUT2D eigenvalue weighted by molar-refractivity contribution is 8.01. The van der Waals surface area contributed by atoms with Gasteiger partial charge in [-0.15, -0.1) is 11.8 Å². The fraction of sp³-hybridized carbons (Fsp3) is 0.588. The average molecular weight is 370 g/mol. The number of carbonyl (C=O) groups is 1. The molecular formula is C17H24F2N4OS. The number of nitrogens with two attached hydrogens (primary N) is 2. The summed E-state index contributed by atoms with van der Waals surface area (Å²) in [7, 11) is 0. The fourth-order valence-electron chi connectivity index (χ4n) is 3.25. The summed E-state index contributed by atoms with van der Waals surface area (Å²) in [6.07, 6.45) is 0.591. The minimum absolute atomic E-state index is 0.0146. The first-order chi connectivity index (χ1) is 11.6. The van der Waals surface area contributed by atoms with E-state index >= 15 is 0 Å². The molecule has 3 rings (SSSR count). The van der Waals surface area contributed by atoms with E-state index in [2.05, 4.69) is 5.32 Å². The van der Waals surface area contributed by atoms with E-state index in [-0.39, 0.29) is 28.1 Å². The number of thioether (sulfide) groups is 1. The zero-order chi connectivity index (χ0) is 18.4. The monoisotopic (exact) mass is 370 g/mol. The average Bonchev–Trinajstić information content (AvgIpc) is 3.08. The second kappa shape index (κ2) is 6.50. The van der Waals surface area contributed by atoms with Gasteiger partial charge in [0, 0.05) is 25.1 Å². The van der Waals surface area contributed by atoms with Crippen molar-refractivity contribution < 1.29 is 13.6 Å².